The predicted octanol–water partition coefficient (Wildman–Crippen LogP) is 3.65. The van der Waals surface area contributed by atoms with E-state index in [9.17, 15) is 46.0 Å². The Morgan fingerprint density at radius 3 is 2.33 bits per heavy atom. The molecular formula is C21H22F6N2O10. The lowest BCUT2D eigenvalue weighted by Gasteiger charge is -2.29. The molecule has 1 heterocycles. The topological polar surface area (TPSA) is 136 Å². The number of benzene rings is 1. The highest BCUT2D eigenvalue weighted by Crippen LogP contribution is 2.42. The van der Waals surface area contributed by atoms with Crippen LogP contribution in [0.25, 0.3) is 6.08 Å². The molecule has 0 spiro atoms. The minimum absolute atomic E-state index is 0.0198. The zero-order valence-corrected chi connectivity index (χ0v) is 20.3. The van der Waals surface area contributed by atoms with E-state index in [2.05, 4.69) is 23.8 Å². The van der Waals surface area contributed by atoms with Gasteiger partial charge in [-0.1, -0.05) is 6.92 Å². The zero-order chi connectivity index (χ0) is 29.4. The molecule has 1 aliphatic rings. The van der Waals surface area contributed by atoms with Crippen molar-refractivity contribution in [2.75, 3.05) is 40.1 Å². The highest BCUT2D eigenvalue weighted by atomic mass is 19.4. The first-order valence-corrected chi connectivity index (χ1v) is 10.9. The van der Waals surface area contributed by atoms with Gasteiger partial charge in [-0.25, -0.2) is 9.59 Å². The summed E-state index contributed by atoms with van der Waals surface area (Å²) in [6, 6.07) is 1.62. The summed E-state index contributed by atoms with van der Waals surface area (Å²) < 4.78 is 101. The molecule has 0 N–H and O–H groups in total. The van der Waals surface area contributed by atoms with Crippen LogP contribution in [0.5, 0.6) is 11.5 Å². The second-order valence-electron chi connectivity index (χ2n) is 7.69. The fourth-order valence-corrected chi connectivity index (χ4v) is 3.15. The van der Waals surface area contributed by atoms with Gasteiger partial charge >= 0.3 is 24.7 Å². The molecule has 0 aliphatic carbocycles. The molecule has 0 radical (unpaired) electrons. The second kappa shape index (κ2) is 13.2. The highest BCUT2D eigenvalue weighted by Gasteiger charge is 2.49. The van der Waals surface area contributed by atoms with Gasteiger partial charge in [-0.3, -0.25) is 0 Å². The SMILES string of the molecule is CCc1cc(OC(F)(F)F)cc2c1O[C@H](C(F)(F)F)C(C(=O)OCOC(=O)OCCN(C)CCO[N+](=O)[O-])=C2. The summed E-state index contributed by atoms with van der Waals surface area (Å²) >= 11 is 0. The van der Waals surface area contributed by atoms with Crippen molar-refractivity contribution in [1.29, 1.82) is 0 Å². The molecule has 218 valence electrons. The van der Waals surface area contributed by atoms with E-state index in [1.807, 2.05) is 0 Å². The normalized spacial score (nSPS) is 15.0. The Hall–Kier alpha value is -3.96. The Kier molecular flexibility index (Phi) is 10.6. The summed E-state index contributed by atoms with van der Waals surface area (Å²) in [5, 5.41) is 9.10. The van der Waals surface area contributed by atoms with Crippen LogP contribution in [0.2, 0.25) is 0 Å². The zero-order valence-electron chi connectivity index (χ0n) is 20.3. The van der Waals surface area contributed by atoms with Crippen LogP contribution in [-0.4, -0.2) is 80.9 Å². The minimum atomic E-state index is -5.12. The molecule has 2 rings (SSSR count). The van der Waals surface area contributed by atoms with E-state index in [1.165, 1.54) is 18.9 Å². The number of aryl methyl sites for hydroxylation is 1. The first-order valence-electron chi connectivity index (χ1n) is 10.9. The Morgan fingerprint density at radius 1 is 1.08 bits per heavy atom. The van der Waals surface area contributed by atoms with Gasteiger partial charge in [0.2, 0.25) is 12.9 Å². The number of hydrogen-bond acceptors (Lipinski definition) is 11. The number of carbonyl (C=O) groups excluding carboxylic acids is 2. The van der Waals surface area contributed by atoms with Crippen molar-refractivity contribution in [3.8, 4) is 11.5 Å². The number of esters is 1. The van der Waals surface area contributed by atoms with Crippen molar-refractivity contribution in [2.45, 2.75) is 32.0 Å². The fraction of sp³-hybridized carbons (Fsp3) is 0.524. The van der Waals surface area contributed by atoms with E-state index in [0.717, 1.165) is 12.1 Å². The number of rotatable bonds is 12. The number of fused-ring (bicyclic) bond motifs is 1. The monoisotopic (exact) mass is 576 g/mol. The van der Waals surface area contributed by atoms with Gasteiger partial charge in [0, 0.05) is 18.7 Å². The molecular weight excluding hydrogens is 554 g/mol. The highest BCUT2D eigenvalue weighted by molar-refractivity contribution is 5.96. The van der Waals surface area contributed by atoms with Gasteiger partial charge < -0.3 is 33.4 Å². The second-order valence-corrected chi connectivity index (χ2v) is 7.69. The van der Waals surface area contributed by atoms with Crippen molar-refractivity contribution < 1.29 is 69.5 Å². The molecule has 0 aromatic heterocycles. The van der Waals surface area contributed by atoms with Gasteiger partial charge in [0.05, 0.1) is 5.57 Å². The number of alkyl halides is 6. The van der Waals surface area contributed by atoms with Crippen LogP contribution in [0, 0.1) is 10.1 Å². The lowest BCUT2D eigenvalue weighted by Crippen LogP contribution is -2.41. The van der Waals surface area contributed by atoms with Gasteiger partial charge in [-0.15, -0.1) is 23.3 Å². The lowest BCUT2D eigenvalue weighted by molar-refractivity contribution is -0.757. The van der Waals surface area contributed by atoms with Crippen molar-refractivity contribution in [1.82, 2.24) is 4.90 Å². The molecule has 0 fully saturated rings. The average molecular weight is 576 g/mol. The quantitative estimate of drug-likeness (QED) is 0.119. The molecule has 0 amide bonds. The molecule has 1 atom stereocenters. The van der Waals surface area contributed by atoms with E-state index in [4.69, 9.17) is 4.74 Å². The third-order valence-electron chi connectivity index (χ3n) is 4.87. The molecule has 1 aromatic rings. The number of hydrogen-bond donors (Lipinski definition) is 0. The van der Waals surface area contributed by atoms with Crippen molar-refractivity contribution in [3.63, 3.8) is 0 Å². The third kappa shape index (κ3) is 10.0. The first-order chi connectivity index (χ1) is 18.1. The van der Waals surface area contributed by atoms with Crippen LogP contribution in [-0.2, 0) is 30.3 Å². The Morgan fingerprint density at radius 2 is 1.74 bits per heavy atom. The molecule has 0 bridgehead atoms. The Balaban J connectivity index is 2.03. The van der Waals surface area contributed by atoms with Gasteiger partial charge in [0.15, 0.2) is 0 Å². The van der Waals surface area contributed by atoms with Crippen molar-refractivity contribution in [2.24, 2.45) is 0 Å². The summed E-state index contributed by atoms with van der Waals surface area (Å²) in [6.07, 6.45) is -13.7. The summed E-state index contributed by atoms with van der Waals surface area (Å²) in [4.78, 5) is 39.7. The van der Waals surface area contributed by atoms with E-state index in [1.54, 1.807) is 0 Å². The summed E-state index contributed by atoms with van der Waals surface area (Å²) in [7, 11) is 1.54. The number of halogens is 6. The molecule has 18 heteroatoms. The molecule has 0 saturated heterocycles. The molecule has 1 aliphatic heterocycles. The van der Waals surface area contributed by atoms with Crippen molar-refractivity contribution >= 4 is 18.2 Å². The van der Waals surface area contributed by atoms with Crippen LogP contribution in [0.15, 0.2) is 17.7 Å². The van der Waals surface area contributed by atoms with Gasteiger partial charge in [-0.2, -0.15) is 13.2 Å². The number of carbonyl (C=O) groups is 2. The molecule has 39 heavy (non-hydrogen) atoms. The summed E-state index contributed by atoms with van der Waals surface area (Å²) in [5.41, 5.74) is -1.45. The molecule has 0 saturated carbocycles. The Labute approximate surface area is 216 Å². The van der Waals surface area contributed by atoms with Crippen LogP contribution in [0.4, 0.5) is 31.1 Å². The van der Waals surface area contributed by atoms with E-state index in [0.29, 0.717) is 6.08 Å². The van der Waals surface area contributed by atoms with Gasteiger partial charge in [-0.05, 0) is 37.2 Å². The lowest BCUT2D eigenvalue weighted by atomic mass is 9.97. The average Bonchev–Trinajstić information content (AvgIpc) is 2.80. The number of likely N-dealkylation sites (N-methyl/N-ethyl adjacent to an activating group) is 1. The van der Waals surface area contributed by atoms with Crippen LogP contribution < -0.4 is 9.47 Å². The van der Waals surface area contributed by atoms with E-state index < -0.39 is 54.0 Å². The largest absolute Gasteiger partial charge is 0.573 e. The smallest absolute Gasteiger partial charge is 0.475 e. The fourth-order valence-electron chi connectivity index (χ4n) is 3.15. The van der Waals surface area contributed by atoms with Gasteiger partial charge in [0.25, 0.3) is 5.09 Å². The number of nitrogens with zero attached hydrogens (tertiary/aromatic N) is 2. The maximum Gasteiger partial charge on any atom is 0.573 e. The predicted molar refractivity (Wildman–Crippen MR) is 115 cm³/mol. The van der Waals surface area contributed by atoms with Crippen LogP contribution in [0.3, 0.4) is 0 Å². The third-order valence-corrected chi connectivity index (χ3v) is 4.87. The first kappa shape index (κ1) is 31.3. The van der Waals surface area contributed by atoms with Crippen molar-refractivity contribution in [3.05, 3.63) is 38.9 Å². The minimum Gasteiger partial charge on any atom is -0.475 e. The Bertz CT molecular complexity index is 1080. The number of ether oxygens (including phenoxy) is 5. The van der Waals surface area contributed by atoms with Crippen LogP contribution in [0.1, 0.15) is 18.1 Å². The molecule has 0 unspecified atom stereocenters. The van der Waals surface area contributed by atoms with Crippen LogP contribution >= 0.6 is 0 Å². The maximum atomic E-state index is 13.7. The standard InChI is InChI=1S/C21H22F6N2O10/c1-3-12-8-14(39-21(25,26)27)9-13-10-15(17(20(22,23)24)38-16(12)13)18(30)35-11-36-19(31)34-6-4-28(2)5-7-37-29(32)33/h8-10,17H,3-7,11H2,1-2H3/t17-/m0/s1. The molecule has 12 nitrogen and oxygen atoms in total. The maximum absolute atomic E-state index is 13.7. The van der Waals surface area contributed by atoms with Gasteiger partial charge in [0.1, 0.15) is 24.7 Å². The van der Waals surface area contributed by atoms with E-state index in [-0.39, 0.29) is 49.6 Å². The summed E-state index contributed by atoms with van der Waals surface area (Å²) in [5.74, 6) is -2.75. The van der Waals surface area contributed by atoms with E-state index >= 15 is 0 Å². The molecule has 1 aromatic carbocycles. The summed E-state index contributed by atoms with van der Waals surface area (Å²) in [6.45, 7) is 0.0506.